The standard InChI is InChI=1S/C18H13ClN4OS/c19-14-5-3-12(4-6-14)10-21-17(24)15-16(13-2-1-7-20-11-13)23-8-9-25-18(23)22-15/h1-9,11H,10H2,(H,21,24). The molecule has 5 nitrogen and oxygen atoms in total. The fourth-order valence-corrected chi connectivity index (χ4v) is 3.43. The zero-order chi connectivity index (χ0) is 17.2. The highest BCUT2D eigenvalue weighted by atomic mass is 35.5. The average molecular weight is 369 g/mol. The first-order valence-corrected chi connectivity index (χ1v) is 8.87. The first-order chi connectivity index (χ1) is 12.2. The highest BCUT2D eigenvalue weighted by Crippen LogP contribution is 2.27. The minimum atomic E-state index is -0.218. The molecule has 1 N–H and O–H groups in total. The van der Waals surface area contributed by atoms with E-state index in [4.69, 9.17) is 11.6 Å². The summed E-state index contributed by atoms with van der Waals surface area (Å²) in [4.78, 5) is 22.1. The topological polar surface area (TPSA) is 59.3 Å². The lowest BCUT2D eigenvalue weighted by atomic mass is 10.1. The smallest absolute Gasteiger partial charge is 0.272 e. The van der Waals surface area contributed by atoms with E-state index in [0.717, 1.165) is 21.8 Å². The monoisotopic (exact) mass is 368 g/mol. The summed E-state index contributed by atoms with van der Waals surface area (Å²) in [6, 6.07) is 11.1. The van der Waals surface area contributed by atoms with Crippen molar-refractivity contribution in [3.63, 3.8) is 0 Å². The molecular formula is C18H13ClN4OS. The molecule has 0 atom stereocenters. The Morgan fingerprint density at radius 1 is 1.24 bits per heavy atom. The van der Waals surface area contributed by atoms with Crippen molar-refractivity contribution in [1.29, 1.82) is 0 Å². The number of carbonyl (C=O) groups is 1. The highest BCUT2D eigenvalue weighted by molar-refractivity contribution is 7.15. The summed E-state index contributed by atoms with van der Waals surface area (Å²) in [5, 5.41) is 5.53. The van der Waals surface area contributed by atoms with Crippen molar-refractivity contribution in [3.8, 4) is 11.3 Å². The lowest BCUT2D eigenvalue weighted by Gasteiger charge is -2.06. The second kappa shape index (κ2) is 6.66. The maximum atomic E-state index is 12.7. The number of nitrogens with zero attached hydrogens (tertiary/aromatic N) is 3. The number of pyridine rings is 1. The van der Waals surface area contributed by atoms with Crippen LogP contribution in [0.3, 0.4) is 0 Å². The predicted octanol–water partition coefficient (Wildman–Crippen LogP) is 4.04. The molecule has 0 spiro atoms. The molecule has 7 heteroatoms. The third-order valence-electron chi connectivity index (χ3n) is 3.78. The first kappa shape index (κ1) is 15.8. The van der Waals surface area contributed by atoms with E-state index in [9.17, 15) is 4.79 Å². The van der Waals surface area contributed by atoms with Crippen LogP contribution in [0.25, 0.3) is 16.2 Å². The number of imidazole rings is 1. The summed E-state index contributed by atoms with van der Waals surface area (Å²) in [6.07, 6.45) is 5.35. The molecule has 4 aromatic rings. The van der Waals surface area contributed by atoms with E-state index in [1.807, 2.05) is 40.2 Å². The van der Waals surface area contributed by atoms with Gasteiger partial charge >= 0.3 is 0 Å². The Balaban J connectivity index is 1.65. The molecule has 0 radical (unpaired) electrons. The van der Waals surface area contributed by atoms with Gasteiger partial charge in [-0.1, -0.05) is 23.7 Å². The van der Waals surface area contributed by atoms with Gasteiger partial charge < -0.3 is 5.32 Å². The van der Waals surface area contributed by atoms with Crippen molar-refractivity contribution in [1.82, 2.24) is 19.7 Å². The van der Waals surface area contributed by atoms with E-state index in [1.54, 1.807) is 24.5 Å². The number of rotatable bonds is 4. The second-order valence-electron chi connectivity index (χ2n) is 5.42. The zero-order valence-corrected chi connectivity index (χ0v) is 14.6. The van der Waals surface area contributed by atoms with E-state index in [2.05, 4.69) is 15.3 Å². The number of hydrogen-bond acceptors (Lipinski definition) is 4. The van der Waals surface area contributed by atoms with Crippen molar-refractivity contribution < 1.29 is 4.79 Å². The fourth-order valence-electron chi connectivity index (χ4n) is 2.59. The molecule has 0 bridgehead atoms. The van der Waals surface area contributed by atoms with Gasteiger partial charge in [0, 0.05) is 41.1 Å². The molecule has 1 amide bonds. The van der Waals surface area contributed by atoms with Crippen molar-refractivity contribution in [2.75, 3.05) is 0 Å². The predicted molar refractivity (Wildman–Crippen MR) is 98.9 cm³/mol. The summed E-state index contributed by atoms with van der Waals surface area (Å²) >= 11 is 7.37. The molecule has 4 rings (SSSR count). The molecule has 0 aliphatic carbocycles. The van der Waals surface area contributed by atoms with Gasteiger partial charge in [0.2, 0.25) is 0 Å². The number of halogens is 1. The third-order valence-corrected chi connectivity index (χ3v) is 4.79. The fraction of sp³-hybridized carbons (Fsp3) is 0.0556. The van der Waals surface area contributed by atoms with Gasteiger partial charge in [0.25, 0.3) is 5.91 Å². The van der Waals surface area contributed by atoms with Gasteiger partial charge in [-0.2, -0.15) is 0 Å². The first-order valence-electron chi connectivity index (χ1n) is 7.61. The summed E-state index contributed by atoms with van der Waals surface area (Å²) in [5.41, 5.74) is 2.97. The van der Waals surface area contributed by atoms with Crippen molar-refractivity contribution in [3.05, 3.63) is 76.6 Å². The largest absolute Gasteiger partial charge is 0.347 e. The number of hydrogen-bond donors (Lipinski definition) is 1. The van der Waals surface area contributed by atoms with Crippen LogP contribution in [-0.2, 0) is 6.54 Å². The van der Waals surface area contributed by atoms with Crippen LogP contribution in [0.4, 0.5) is 0 Å². The molecule has 0 fully saturated rings. The van der Waals surface area contributed by atoms with Gasteiger partial charge in [0.15, 0.2) is 10.7 Å². The number of thiazole rings is 1. The van der Waals surface area contributed by atoms with Gasteiger partial charge in [0.1, 0.15) is 0 Å². The number of amides is 1. The van der Waals surface area contributed by atoms with E-state index < -0.39 is 0 Å². The maximum Gasteiger partial charge on any atom is 0.272 e. The molecule has 0 aliphatic heterocycles. The minimum Gasteiger partial charge on any atom is -0.347 e. The summed E-state index contributed by atoms with van der Waals surface area (Å²) < 4.78 is 1.92. The van der Waals surface area contributed by atoms with Crippen LogP contribution in [0.1, 0.15) is 16.1 Å². The number of fused-ring (bicyclic) bond motifs is 1. The van der Waals surface area contributed by atoms with E-state index in [0.29, 0.717) is 17.3 Å². The lowest BCUT2D eigenvalue weighted by molar-refractivity contribution is 0.0947. The Hall–Kier alpha value is -2.70. The molecule has 124 valence electrons. The van der Waals surface area contributed by atoms with E-state index >= 15 is 0 Å². The van der Waals surface area contributed by atoms with Gasteiger partial charge in [-0.15, -0.1) is 11.3 Å². The van der Waals surface area contributed by atoms with Gasteiger partial charge in [-0.05, 0) is 29.8 Å². The quantitative estimate of drug-likeness (QED) is 0.591. The van der Waals surface area contributed by atoms with Crippen molar-refractivity contribution in [2.24, 2.45) is 0 Å². The highest BCUT2D eigenvalue weighted by Gasteiger charge is 2.20. The van der Waals surface area contributed by atoms with Crippen LogP contribution in [0.5, 0.6) is 0 Å². The molecular weight excluding hydrogens is 356 g/mol. The Kier molecular flexibility index (Phi) is 4.21. The van der Waals surface area contributed by atoms with Gasteiger partial charge in [-0.25, -0.2) is 4.98 Å². The van der Waals surface area contributed by atoms with E-state index in [1.165, 1.54) is 11.3 Å². The van der Waals surface area contributed by atoms with Crippen LogP contribution in [0.15, 0.2) is 60.4 Å². The Morgan fingerprint density at radius 3 is 2.84 bits per heavy atom. The van der Waals surface area contributed by atoms with Crippen molar-refractivity contribution >= 4 is 33.8 Å². The van der Waals surface area contributed by atoms with Crippen LogP contribution in [0, 0.1) is 0 Å². The Labute approximate surface area is 152 Å². The molecule has 3 aromatic heterocycles. The zero-order valence-electron chi connectivity index (χ0n) is 13.0. The SMILES string of the molecule is O=C(NCc1ccc(Cl)cc1)c1nc2sccn2c1-c1cccnc1. The molecule has 25 heavy (non-hydrogen) atoms. The van der Waals surface area contributed by atoms with Gasteiger partial charge in [-0.3, -0.25) is 14.2 Å². The minimum absolute atomic E-state index is 0.218. The summed E-state index contributed by atoms with van der Waals surface area (Å²) in [6.45, 7) is 0.410. The maximum absolute atomic E-state index is 12.7. The van der Waals surface area contributed by atoms with Crippen molar-refractivity contribution in [2.45, 2.75) is 6.54 Å². The van der Waals surface area contributed by atoms with Crippen LogP contribution in [0.2, 0.25) is 5.02 Å². The molecule has 0 saturated heterocycles. The molecule has 0 unspecified atom stereocenters. The Bertz CT molecular complexity index is 1020. The number of carbonyl (C=O) groups excluding carboxylic acids is 1. The lowest BCUT2D eigenvalue weighted by Crippen LogP contribution is -2.23. The molecule has 3 heterocycles. The van der Waals surface area contributed by atoms with Crippen LogP contribution >= 0.6 is 22.9 Å². The molecule has 0 saturated carbocycles. The third kappa shape index (κ3) is 3.14. The molecule has 1 aromatic carbocycles. The number of aromatic nitrogens is 3. The number of nitrogens with one attached hydrogen (secondary N) is 1. The van der Waals surface area contributed by atoms with Gasteiger partial charge in [0.05, 0.1) is 5.69 Å². The molecule has 0 aliphatic rings. The van der Waals surface area contributed by atoms with Crippen LogP contribution < -0.4 is 5.32 Å². The second-order valence-corrected chi connectivity index (χ2v) is 6.72. The summed E-state index contributed by atoms with van der Waals surface area (Å²) in [5.74, 6) is -0.218. The van der Waals surface area contributed by atoms with E-state index in [-0.39, 0.29) is 5.91 Å². The average Bonchev–Trinajstić information content (AvgIpc) is 3.22. The normalized spacial score (nSPS) is 10.9. The summed E-state index contributed by atoms with van der Waals surface area (Å²) in [7, 11) is 0. The number of benzene rings is 1. The van der Waals surface area contributed by atoms with Crippen LogP contribution in [-0.4, -0.2) is 20.3 Å². The Morgan fingerprint density at radius 2 is 2.08 bits per heavy atom.